The number of amides is 1. The van der Waals surface area contributed by atoms with Gasteiger partial charge in [0.15, 0.2) is 0 Å². The number of hydrogen-bond acceptors (Lipinski definition) is 4. The van der Waals surface area contributed by atoms with Gasteiger partial charge in [-0.2, -0.15) is 5.10 Å². The number of hydrogen-bond donors (Lipinski definition) is 1. The highest BCUT2D eigenvalue weighted by Gasteiger charge is 2.23. The average Bonchev–Trinajstić information content (AvgIpc) is 2.70. The van der Waals surface area contributed by atoms with Crippen LogP contribution in [0, 0.1) is 12.8 Å². The zero-order valence-electron chi connectivity index (χ0n) is 12.6. The van der Waals surface area contributed by atoms with E-state index in [0.29, 0.717) is 0 Å². The molecule has 0 atom stereocenters. The SMILES string of the molecule is Cc1c(CC(=O)NS(=O)(=O)CC2CCCCC2)cnn1C. The summed E-state index contributed by atoms with van der Waals surface area (Å²) in [4.78, 5) is 11.9. The number of aromatic nitrogens is 2. The Balaban J connectivity index is 1.90. The Hall–Kier alpha value is -1.37. The third-order valence-electron chi connectivity index (χ3n) is 4.14. The third kappa shape index (κ3) is 4.56. The number of carbonyl (C=O) groups excluding carboxylic acids is 1. The van der Waals surface area contributed by atoms with Crippen molar-refractivity contribution >= 4 is 15.9 Å². The van der Waals surface area contributed by atoms with Gasteiger partial charge in [-0.05, 0) is 25.7 Å². The average molecular weight is 313 g/mol. The normalized spacial score (nSPS) is 16.9. The summed E-state index contributed by atoms with van der Waals surface area (Å²) in [7, 11) is -1.75. The molecule has 0 unspecified atom stereocenters. The van der Waals surface area contributed by atoms with Crippen molar-refractivity contribution in [2.24, 2.45) is 13.0 Å². The number of nitrogens with one attached hydrogen (secondary N) is 1. The van der Waals surface area contributed by atoms with Crippen molar-refractivity contribution < 1.29 is 13.2 Å². The van der Waals surface area contributed by atoms with E-state index in [1.54, 1.807) is 17.9 Å². The predicted octanol–water partition coefficient (Wildman–Crippen LogP) is 1.30. The fraction of sp³-hybridized carbons (Fsp3) is 0.714. The molecule has 0 aromatic carbocycles. The first-order valence-electron chi connectivity index (χ1n) is 7.38. The molecular formula is C14H23N3O3S. The monoisotopic (exact) mass is 313 g/mol. The van der Waals surface area contributed by atoms with Crippen LogP contribution >= 0.6 is 0 Å². The van der Waals surface area contributed by atoms with Crippen molar-refractivity contribution in [1.82, 2.24) is 14.5 Å². The van der Waals surface area contributed by atoms with Crippen LogP contribution in [0.25, 0.3) is 0 Å². The predicted molar refractivity (Wildman–Crippen MR) is 80.2 cm³/mol. The summed E-state index contributed by atoms with van der Waals surface area (Å²) in [6.07, 6.45) is 6.88. The van der Waals surface area contributed by atoms with Crippen molar-refractivity contribution in [1.29, 1.82) is 0 Å². The van der Waals surface area contributed by atoms with Gasteiger partial charge in [-0.15, -0.1) is 0 Å². The highest BCUT2D eigenvalue weighted by Crippen LogP contribution is 2.24. The fourth-order valence-electron chi connectivity index (χ4n) is 2.81. The summed E-state index contributed by atoms with van der Waals surface area (Å²) < 4.78 is 27.9. The molecule has 1 N–H and O–H groups in total. The topological polar surface area (TPSA) is 81.1 Å². The van der Waals surface area contributed by atoms with Gasteiger partial charge in [-0.3, -0.25) is 14.2 Å². The second kappa shape index (κ2) is 6.60. The molecule has 7 heteroatoms. The summed E-state index contributed by atoms with van der Waals surface area (Å²) >= 11 is 0. The molecule has 1 aromatic heterocycles. The molecule has 1 heterocycles. The van der Waals surface area contributed by atoms with Crippen LogP contribution in [0.5, 0.6) is 0 Å². The fourth-order valence-corrected chi connectivity index (χ4v) is 4.26. The first-order chi connectivity index (χ1) is 9.87. The lowest BCUT2D eigenvalue weighted by atomic mass is 9.91. The van der Waals surface area contributed by atoms with Gasteiger partial charge >= 0.3 is 0 Å². The number of sulfonamides is 1. The second-order valence-electron chi connectivity index (χ2n) is 5.87. The smallest absolute Gasteiger partial charge is 0.237 e. The maximum Gasteiger partial charge on any atom is 0.237 e. The first kappa shape index (κ1) is 16.0. The quantitative estimate of drug-likeness (QED) is 0.888. The van der Waals surface area contributed by atoms with E-state index in [-0.39, 0.29) is 18.1 Å². The van der Waals surface area contributed by atoms with Crippen molar-refractivity contribution in [3.05, 3.63) is 17.5 Å². The van der Waals surface area contributed by atoms with Crippen LogP contribution in [0.15, 0.2) is 6.20 Å². The Morgan fingerprint density at radius 3 is 2.62 bits per heavy atom. The van der Waals surface area contributed by atoms with Gasteiger partial charge in [0.05, 0.1) is 18.4 Å². The Morgan fingerprint density at radius 2 is 2.05 bits per heavy atom. The highest BCUT2D eigenvalue weighted by atomic mass is 32.2. The molecule has 6 nitrogen and oxygen atoms in total. The minimum atomic E-state index is -3.53. The summed E-state index contributed by atoms with van der Waals surface area (Å²) in [6, 6.07) is 0. The molecular weight excluding hydrogens is 290 g/mol. The maximum atomic E-state index is 12.0. The molecule has 1 saturated carbocycles. The molecule has 0 bridgehead atoms. The van der Waals surface area contributed by atoms with Gasteiger partial charge in [-0.25, -0.2) is 8.42 Å². The molecule has 1 amide bonds. The van der Waals surface area contributed by atoms with Crippen LogP contribution < -0.4 is 4.72 Å². The lowest BCUT2D eigenvalue weighted by Gasteiger charge is -2.21. The number of rotatable bonds is 5. The Labute approximate surface area is 126 Å². The van der Waals surface area contributed by atoms with Crippen LogP contribution in [-0.2, 0) is 28.3 Å². The molecule has 1 aliphatic carbocycles. The lowest BCUT2D eigenvalue weighted by molar-refractivity contribution is -0.118. The van der Waals surface area contributed by atoms with Gasteiger partial charge in [-0.1, -0.05) is 19.3 Å². The molecule has 0 spiro atoms. The summed E-state index contributed by atoms with van der Waals surface area (Å²) in [5, 5.41) is 4.05. The minimum Gasteiger partial charge on any atom is -0.274 e. The molecule has 2 rings (SSSR count). The summed E-state index contributed by atoms with van der Waals surface area (Å²) in [6.45, 7) is 1.85. The Bertz CT molecular complexity index is 601. The van der Waals surface area contributed by atoms with Gasteiger partial charge in [0, 0.05) is 18.3 Å². The van der Waals surface area contributed by atoms with E-state index in [2.05, 4.69) is 9.82 Å². The van der Waals surface area contributed by atoms with Crippen molar-refractivity contribution in [3.8, 4) is 0 Å². The lowest BCUT2D eigenvalue weighted by Crippen LogP contribution is -2.36. The van der Waals surface area contributed by atoms with E-state index in [4.69, 9.17) is 0 Å². The standard InChI is InChI=1S/C14H23N3O3S/c1-11-13(9-15-17(11)2)8-14(18)16-21(19,20)10-12-6-4-3-5-7-12/h9,12H,3-8,10H2,1-2H3,(H,16,18). The van der Waals surface area contributed by atoms with Gasteiger partial charge < -0.3 is 0 Å². The van der Waals surface area contributed by atoms with Crippen molar-refractivity contribution in [2.75, 3.05) is 5.75 Å². The van der Waals surface area contributed by atoms with Gasteiger partial charge in [0.25, 0.3) is 0 Å². The van der Waals surface area contributed by atoms with E-state index < -0.39 is 15.9 Å². The zero-order chi connectivity index (χ0) is 15.5. The molecule has 0 saturated heterocycles. The van der Waals surface area contributed by atoms with E-state index in [0.717, 1.165) is 36.9 Å². The van der Waals surface area contributed by atoms with Crippen molar-refractivity contribution in [3.63, 3.8) is 0 Å². The molecule has 1 fully saturated rings. The van der Waals surface area contributed by atoms with Gasteiger partial charge in [0.1, 0.15) is 0 Å². The number of carbonyl (C=O) groups is 1. The maximum absolute atomic E-state index is 12.0. The Morgan fingerprint density at radius 1 is 1.38 bits per heavy atom. The number of nitrogens with zero attached hydrogens (tertiary/aromatic N) is 2. The van der Waals surface area contributed by atoms with Crippen LogP contribution in [0.3, 0.4) is 0 Å². The molecule has 21 heavy (non-hydrogen) atoms. The third-order valence-corrected chi connectivity index (χ3v) is 5.59. The molecule has 0 aliphatic heterocycles. The van der Waals surface area contributed by atoms with Crippen molar-refractivity contribution in [2.45, 2.75) is 45.4 Å². The van der Waals surface area contributed by atoms with Crippen LogP contribution in [-0.4, -0.2) is 29.9 Å². The van der Waals surface area contributed by atoms with Crippen LogP contribution in [0.4, 0.5) is 0 Å². The minimum absolute atomic E-state index is 0.0452. The summed E-state index contributed by atoms with van der Waals surface area (Å²) in [5.41, 5.74) is 1.62. The van der Waals surface area contributed by atoms with E-state index in [1.165, 1.54) is 6.42 Å². The van der Waals surface area contributed by atoms with E-state index in [1.807, 2.05) is 6.92 Å². The molecule has 0 radical (unpaired) electrons. The summed E-state index contributed by atoms with van der Waals surface area (Å²) in [5.74, 6) is -0.240. The molecule has 1 aromatic rings. The van der Waals surface area contributed by atoms with Gasteiger partial charge in [0.2, 0.25) is 15.9 Å². The highest BCUT2D eigenvalue weighted by molar-refractivity contribution is 7.90. The van der Waals surface area contributed by atoms with E-state index in [9.17, 15) is 13.2 Å². The Kier molecular flexibility index (Phi) is 5.03. The zero-order valence-corrected chi connectivity index (χ0v) is 13.4. The first-order valence-corrected chi connectivity index (χ1v) is 9.03. The largest absolute Gasteiger partial charge is 0.274 e. The van der Waals surface area contributed by atoms with E-state index >= 15 is 0 Å². The van der Waals surface area contributed by atoms with Crippen LogP contribution in [0.2, 0.25) is 0 Å². The molecule has 1 aliphatic rings. The van der Waals surface area contributed by atoms with Crippen LogP contribution in [0.1, 0.15) is 43.4 Å². The second-order valence-corrected chi connectivity index (χ2v) is 7.63. The molecule has 118 valence electrons. The number of aryl methyl sites for hydroxylation is 1.